The monoisotopic (exact) mass is 234 g/mol. The lowest BCUT2D eigenvalue weighted by atomic mass is 9.87. The molecule has 0 saturated heterocycles. The summed E-state index contributed by atoms with van der Waals surface area (Å²) in [6.07, 6.45) is 0. The molecule has 3 heteroatoms. The molecule has 1 amide bonds. The van der Waals surface area contributed by atoms with Crippen LogP contribution in [0.2, 0.25) is 0 Å². The number of nitrogens with one attached hydrogen (secondary N) is 1. The third-order valence-corrected chi connectivity index (χ3v) is 2.83. The number of hydrogen-bond donors (Lipinski definition) is 1. The van der Waals surface area contributed by atoms with E-state index in [1.165, 1.54) is 5.56 Å². The Morgan fingerprint density at radius 2 is 1.76 bits per heavy atom. The molecule has 0 radical (unpaired) electrons. The molecule has 0 aromatic heterocycles. The summed E-state index contributed by atoms with van der Waals surface area (Å²) in [5.41, 5.74) is 2.52. The number of amides is 1. The van der Waals surface area contributed by atoms with Crippen LogP contribution in [-0.4, -0.2) is 26.5 Å². The van der Waals surface area contributed by atoms with Gasteiger partial charge >= 0.3 is 0 Å². The predicted octanol–water partition coefficient (Wildman–Crippen LogP) is 2.17. The van der Waals surface area contributed by atoms with Crippen molar-refractivity contribution in [2.75, 3.05) is 25.5 Å². The van der Waals surface area contributed by atoms with Gasteiger partial charge in [0.1, 0.15) is 0 Å². The maximum atomic E-state index is 11.3. The SMILES string of the molecule is CNC(=O)CN(C)c1ccc(C(C)(C)C)cc1. The Hall–Kier alpha value is -1.51. The van der Waals surface area contributed by atoms with Crippen LogP contribution in [-0.2, 0) is 10.2 Å². The molecule has 0 spiro atoms. The molecule has 3 nitrogen and oxygen atoms in total. The van der Waals surface area contributed by atoms with Crippen LogP contribution in [0.3, 0.4) is 0 Å². The second-order valence-corrected chi connectivity index (χ2v) is 5.33. The average Bonchev–Trinajstić information content (AvgIpc) is 2.27. The summed E-state index contributed by atoms with van der Waals surface area (Å²) in [6, 6.07) is 8.36. The Balaban J connectivity index is 2.77. The molecule has 94 valence electrons. The summed E-state index contributed by atoms with van der Waals surface area (Å²) in [5.74, 6) is 0.0207. The predicted molar refractivity (Wildman–Crippen MR) is 72.5 cm³/mol. The van der Waals surface area contributed by atoms with Crippen molar-refractivity contribution in [1.29, 1.82) is 0 Å². The first kappa shape index (κ1) is 13.6. The van der Waals surface area contributed by atoms with Crippen molar-refractivity contribution >= 4 is 11.6 Å². The fraction of sp³-hybridized carbons (Fsp3) is 0.500. The second kappa shape index (κ2) is 5.21. The minimum Gasteiger partial charge on any atom is -0.365 e. The smallest absolute Gasteiger partial charge is 0.239 e. The lowest BCUT2D eigenvalue weighted by molar-refractivity contribution is -0.119. The van der Waals surface area contributed by atoms with Crippen LogP contribution in [0.4, 0.5) is 5.69 Å². The molecule has 0 aliphatic heterocycles. The number of likely N-dealkylation sites (N-methyl/N-ethyl adjacent to an activating group) is 2. The maximum Gasteiger partial charge on any atom is 0.239 e. The van der Waals surface area contributed by atoms with E-state index in [0.717, 1.165) is 5.69 Å². The number of hydrogen-bond acceptors (Lipinski definition) is 2. The van der Waals surface area contributed by atoms with Gasteiger partial charge in [-0.15, -0.1) is 0 Å². The van der Waals surface area contributed by atoms with Gasteiger partial charge in [-0.25, -0.2) is 0 Å². The highest BCUT2D eigenvalue weighted by molar-refractivity contribution is 5.80. The van der Waals surface area contributed by atoms with E-state index < -0.39 is 0 Å². The molecule has 1 aromatic carbocycles. The van der Waals surface area contributed by atoms with Crippen LogP contribution in [0.15, 0.2) is 24.3 Å². The van der Waals surface area contributed by atoms with Crippen molar-refractivity contribution in [3.05, 3.63) is 29.8 Å². The Morgan fingerprint density at radius 3 is 2.18 bits per heavy atom. The first-order chi connectivity index (χ1) is 7.84. The Morgan fingerprint density at radius 1 is 1.24 bits per heavy atom. The van der Waals surface area contributed by atoms with Gasteiger partial charge in [-0.3, -0.25) is 4.79 Å². The average molecular weight is 234 g/mol. The van der Waals surface area contributed by atoms with Crippen LogP contribution in [0.25, 0.3) is 0 Å². The third-order valence-electron chi connectivity index (χ3n) is 2.83. The van der Waals surface area contributed by atoms with Crippen molar-refractivity contribution in [3.8, 4) is 0 Å². The van der Waals surface area contributed by atoms with Gasteiger partial charge in [0.2, 0.25) is 5.91 Å². The molecule has 17 heavy (non-hydrogen) atoms. The molecule has 0 aliphatic rings. The molecule has 1 aromatic rings. The Kier molecular flexibility index (Phi) is 4.16. The summed E-state index contributed by atoms with van der Waals surface area (Å²) in [6.45, 7) is 6.95. The summed E-state index contributed by atoms with van der Waals surface area (Å²) < 4.78 is 0. The van der Waals surface area contributed by atoms with E-state index in [1.807, 2.05) is 11.9 Å². The number of carbonyl (C=O) groups is 1. The quantitative estimate of drug-likeness (QED) is 0.869. The summed E-state index contributed by atoms with van der Waals surface area (Å²) in [4.78, 5) is 13.2. The third kappa shape index (κ3) is 3.77. The largest absolute Gasteiger partial charge is 0.365 e. The van der Waals surface area contributed by atoms with Gasteiger partial charge in [0.25, 0.3) is 0 Å². The van der Waals surface area contributed by atoms with Crippen LogP contribution < -0.4 is 10.2 Å². The molecule has 0 fully saturated rings. The first-order valence-electron chi connectivity index (χ1n) is 5.87. The Bertz CT molecular complexity index is 376. The second-order valence-electron chi connectivity index (χ2n) is 5.33. The van der Waals surface area contributed by atoms with E-state index in [0.29, 0.717) is 6.54 Å². The van der Waals surface area contributed by atoms with Gasteiger partial charge in [-0.05, 0) is 23.1 Å². The lowest BCUT2D eigenvalue weighted by Crippen LogP contribution is -2.32. The molecule has 0 bridgehead atoms. The summed E-state index contributed by atoms with van der Waals surface area (Å²) in [7, 11) is 3.57. The topological polar surface area (TPSA) is 32.3 Å². The molecular weight excluding hydrogens is 212 g/mol. The molecule has 0 saturated carbocycles. The van der Waals surface area contributed by atoms with Crippen LogP contribution >= 0.6 is 0 Å². The molecule has 0 atom stereocenters. The van der Waals surface area contributed by atoms with Crippen molar-refractivity contribution in [3.63, 3.8) is 0 Å². The molecular formula is C14H22N2O. The number of benzene rings is 1. The summed E-state index contributed by atoms with van der Waals surface area (Å²) in [5, 5.41) is 2.62. The van der Waals surface area contributed by atoms with E-state index >= 15 is 0 Å². The van der Waals surface area contributed by atoms with Crippen molar-refractivity contribution in [2.24, 2.45) is 0 Å². The number of rotatable bonds is 3. The first-order valence-corrected chi connectivity index (χ1v) is 5.87. The van der Waals surface area contributed by atoms with E-state index in [9.17, 15) is 4.79 Å². The standard InChI is InChI=1S/C14H22N2O/c1-14(2,3)11-6-8-12(9-7-11)16(5)10-13(17)15-4/h6-9H,10H2,1-5H3,(H,15,17). The van der Waals surface area contributed by atoms with Gasteiger partial charge in [0, 0.05) is 19.8 Å². The van der Waals surface area contributed by atoms with Gasteiger partial charge in [-0.2, -0.15) is 0 Å². The molecule has 0 aliphatic carbocycles. The van der Waals surface area contributed by atoms with E-state index in [1.54, 1.807) is 7.05 Å². The fourth-order valence-electron chi connectivity index (χ4n) is 1.60. The minimum absolute atomic E-state index is 0.0207. The number of anilines is 1. The fourth-order valence-corrected chi connectivity index (χ4v) is 1.60. The molecule has 1 N–H and O–H groups in total. The lowest BCUT2D eigenvalue weighted by Gasteiger charge is -2.22. The molecule has 0 unspecified atom stereocenters. The molecule has 0 heterocycles. The highest BCUT2D eigenvalue weighted by atomic mass is 16.1. The van der Waals surface area contributed by atoms with Gasteiger partial charge < -0.3 is 10.2 Å². The van der Waals surface area contributed by atoms with Crippen LogP contribution in [0.5, 0.6) is 0 Å². The normalized spacial score (nSPS) is 11.1. The molecule has 1 rings (SSSR count). The van der Waals surface area contributed by atoms with Gasteiger partial charge in [0.05, 0.1) is 6.54 Å². The van der Waals surface area contributed by atoms with Crippen molar-refractivity contribution < 1.29 is 4.79 Å². The van der Waals surface area contributed by atoms with E-state index in [-0.39, 0.29) is 11.3 Å². The Labute approximate surface area is 104 Å². The zero-order chi connectivity index (χ0) is 13.1. The highest BCUT2D eigenvalue weighted by Gasteiger charge is 2.13. The maximum absolute atomic E-state index is 11.3. The van der Waals surface area contributed by atoms with Gasteiger partial charge in [-0.1, -0.05) is 32.9 Å². The highest BCUT2D eigenvalue weighted by Crippen LogP contribution is 2.24. The number of nitrogens with zero attached hydrogens (tertiary/aromatic N) is 1. The van der Waals surface area contributed by atoms with Crippen molar-refractivity contribution in [1.82, 2.24) is 5.32 Å². The van der Waals surface area contributed by atoms with Gasteiger partial charge in [0.15, 0.2) is 0 Å². The van der Waals surface area contributed by atoms with E-state index in [2.05, 4.69) is 50.4 Å². The van der Waals surface area contributed by atoms with Crippen LogP contribution in [0.1, 0.15) is 26.3 Å². The zero-order valence-electron chi connectivity index (χ0n) is 11.4. The summed E-state index contributed by atoms with van der Waals surface area (Å²) >= 11 is 0. The van der Waals surface area contributed by atoms with E-state index in [4.69, 9.17) is 0 Å². The van der Waals surface area contributed by atoms with Crippen LogP contribution in [0, 0.1) is 0 Å². The minimum atomic E-state index is 0.0207. The number of carbonyl (C=O) groups excluding carboxylic acids is 1. The zero-order valence-corrected chi connectivity index (χ0v) is 11.4. The van der Waals surface area contributed by atoms with Crippen molar-refractivity contribution in [2.45, 2.75) is 26.2 Å².